The molecule has 0 aromatic heterocycles. The lowest BCUT2D eigenvalue weighted by Gasteiger charge is -2.32. The molecule has 0 spiro atoms. The number of hydrogen-bond donors (Lipinski definition) is 2. The van der Waals surface area contributed by atoms with Crippen molar-refractivity contribution in [2.75, 3.05) is 19.7 Å². The summed E-state index contributed by atoms with van der Waals surface area (Å²) >= 11 is 0. The molecule has 4 N–H and O–H groups in total. The Morgan fingerprint density at radius 2 is 1.62 bits per heavy atom. The zero-order chi connectivity index (χ0) is 11.1. The second-order valence-electron chi connectivity index (χ2n) is 4.04. The Morgan fingerprint density at radius 3 is 2.38 bits per heavy atom. The van der Waals surface area contributed by atoms with Gasteiger partial charge in [-0.25, -0.2) is 0 Å². The van der Waals surface area contributed by atoms with E-state index in [1.807, 2.05) is 0 Å². The standard InChI is InChI=1S/C9H16N2O5/c10-1-5-12-3-4-7(14-5)8-9(13-4)16-6(2-11)15-8/h4-9H,1-3,10-11H2. The molecule has 0 aromatic carbocycles. The number of fused-ring (bicyclic) bond motifs is 3. The lowest BCUT2D eigenvalue weighted by atomic mass is 10.1. The summed E-state index contributed by atoms with van der Waals surface area (Å²) in [6.45, 7) is 1.09. The minimum Gasteiger partial charge on any atom is -0.348 e. The van der Waals surface area contributed by atoms with Gasteiger partial charge in [-0.05, 0) is 0 Å². The molecule has 0 radical (unpaired) electrons. The van der Waals surface area contributed by atoms with Crippen molar-refractivity contribution in [2.45, 2.75) is 37.2 Å². The molecule has 7 heteroatoms. The van der Waals surface area contributed by atoms with E-state index < -0.39 is 12.6 Å². The van der Waals surface area contributed by atoms with Crippen LogP contribution >= 0.6 is 0 Å². The van der Waals surface area contributed by atoms with Crippen LogP contribution in [0.25, 0.3) is 0 Å². The van der Waals surface area contributed by atoms with E-state index in [0.29, 0.717) is 19.7 Å². The molecule has 3 aliphatic rings. The van der Waals surface area contributed by atoms with Gasteiger partial charge in [-0.2, -0.15) is 0 Å². The normalized spacial score (nSPS) is 51.4. The van der Waals surface area contributed by atoms with Crippen LogP contribution in [0.1, 0.15) is 0 Å². The zero-order valence-corrected chi connectivity index (χ0v) is 8.78. The van der Waals surface area contributed by atoms with Gasteiger partial charge in [0.25, 0.3) is 0 Å². The first-order valence-electron chi connectivity index (χ1n) is 5.45. The van der Waals surface area contributed by atoms with E-state index in [9.17, 15) is 0 Å². The second-order valence-corrected chi connectivity index (χ2v) is 4.04. The maximum absolute atomic E-state index is 5.65. The highest BCUT2D eigenvalue weighted by Crippen LogP contribution is 2.36. The van der Waals surface area contributed by atoms with Crippen molar-refractivity contribution >= 4 is 0 Å². The average molecular weight is 232 g/mol. The smallest absolute Gasteiger partial charge is 0.190 e. The fourth-order valence-corrected chi connectivity index (χ4v) is 2.25. The van der Waals surface area contributed by atoms with Gasteiger partial charge in [0.1, 0.15) is 18.3 Å². The SMILES string of the molecule is NCC1OCC2OC3OC(CN)OC3C2O1. The van der Waals surface area contributed by atoms with Gasteiger partial charge in [0, 0.05) is 13.1 Å². The van der Waals surface area contributed by atoms with E-state index in [0.717, 1.165) is 0 Å². The predicted molar refractivity (Wildman–Crippen MR) is 51.1 cm³/mol. The van der Waals surface area contributed by atoms with Crippen molar-refractivity contribution in [3.63, 3.8) is 0 Å². The second kappa shape index (κ2) is 4.19. The lowest BCUT2D eigenvalue weighted by Crippen LogP contribution is -2.48. The largest absolute Gasteiger partial charge is 0.348 e. The molecule has 16 heavy (non-hydrogen) atoms. The van der Waals surface area contributed by atoms with Crippen LogP contribution in [0.5, 0.6) is 0 Å². The first kappa shape index (κ1) is 10.8. The molecule has 92 valence electrons. The van der Waals surface area contributed by atoms with Crippen molar-refractivity contribution in [2.24, 2.45) is 11.5 Å². The summed E-state index contributed by atoms with van der Waals surface area (Å²) < 4.78 is 27.7. The zero-order valence-electron chi connectivity index (χ0n) is 8.78. The summed E-state index contributed by atoms with van der Waals surface area (Å²) in [5, 5.41) is 0. The van der Waals surface area contributed by atoms with E-state index >= 15 is 0 Å². The van der Waals surface area contributed by atoms with Crippen LogP contribution in [0.15, 0.2) is 0 Å². The third kappa shape index (κ3) is 1.65. The molecule has 0 aromatic rings. The Morgan fingerprint density at radius 1 is 0.875 bits per heavy atom. The highest BCUT2D eigenvalue weighted by molar-refractivity contribution is 4.94. The average Bonchev–Trinajstić information content (AvgIpc) is 2.85. The first-order chi connectivity index (χ1) is 7.81. The summed E-state index contributed by atoms with van der Waals surface area (Å²) in [6.07, 6.45) is -1.73. The molecule has 3 fully saturated rings. The van der Waals surface area contributed by atoms with E-state index in [2.05, 4.69) is 0 Å². The molecule has 3 aliphatic heterocycles. The van der Waals surface area contributed by atoms with Gasteiger partial charge in [-0.1, -0.05) is 0 Å². The highest BCUT2D eigenvalue weighted by Gasteiger charge is 2.54. The molecular weight excluding hydrogens is 216 g/mol. The monoisotopic (exact) mass is 232 g/mol. The van der Waals surface area contributed by atoms with E-state index in [-0.39, 0.29) is 24.6 Å². The van der Waals surface area contributed by atoms with Crippen LogP contribution in [-0.2, 0) is 23.7 Å². The summed E-state index contributed by atoms with van der Waals surface area (Å²) in [6, 6.07) is 0. The van der Waals surface area contributed by atoms with E-state index in [4.69, 9.17) is 35.2 Å². The molecule has 6 atom stereocenters. The third-order valence-electron chi connectivity index (χ3n) is 3.00. The van der Waals surface area contributed by atoms with E-state index in [1.165, 1.54) is 0 Å². The molecule has 6 unspecified atom stereocenters. The van der Waals surface area contributed by atoms with Crippen LogP contribution in [-0.4, -0.2) is 56.9 Å². The summed E-state index contributed by atoms with van der Waals surface area (Å²) in [7, 11) is 0. The fraction of sp³-hybridized carbons (Fsp3) is 1.00. The molecule has 0 amide bonds. The Hall–Kier alpha value is -0.280. The minimum absolute atomic E-state index is 0.142. The molecule has 0 aliphatic carbocycles. The molecular formula is C9H16N2O5. The Labute approximate surface area is 92.9 Å². The van der Waals surface area contributed by atoms with Gasteiger partial charge in [0.15, 0.2) is 18.9 Å². The number of nitrogens with two attached hydrogens (primary N) is 2. The van der Waals surface area contributed by atoms with Gasteiger partial charge in [-0.15, -0.1) is 0 Å². The van der Waals surface area contributed by atoms with Crippen molar-refractivity contribution < 1.29 is 23.7 Å². The van der Waals surface area contributed by atoms with Crippen molar-refractivity contribution in [3.05, 3.63) is 0 Å². The van der Waals surface area contributed by atoms with Crippen molar-refractivity contribution in [1.82, 2.24) is 0 Å². The van der Waals surface area contributed by atoms with Gasteiger partial charge < -0.3 is 35.2 Å². The molecule has 0 bridgehead atoms. The van der Waals surface area contributed by atoms with Gasteiger partial charge in [0.2, 0.25) is 0 Å². The fourth-order valence-electron chi connectivity index (χ4n) is 2.25. The van der Waals surface area contributed by atoms with Crippen LogP contribution in [0, 0.1) is 0 Å². The van der Waals surface area contributed by atoms with E-state index in [1.54, 1.807) is 0 Å². The van der Waals surface area contributed by atoms with Crippen LogP contribution in [0.2, 0.25) is 0 Å². The molecule has 7 nitrogen and oxygen atoms in total. The lowest BCUT2D eigenvalue weighted by molar-refractivity contribution is -0.264. The quantitative estimate of drug-likeness (QED) is 0.574. The van der Waals surface area contributed by atoms with Crippen LogP contribution in [0.4, 0.5) is 0 Å². The van der Waals surface area contributed by atoms with Gasteiger partial charge in [0.05, 0.1) is 6.61 Å². The molecule has 3 rings (SSSR count). The van der Waals surface area contributed by atoms with Crippen LogP contribution in [0.3, 0.4) is 0 Å². The maximum Gasteiger partial charge on any atom is 0.190 e. The van der Waals surface area contributed by atoms with Crippen LogP contribution < -0.4 is 11.5 Å². The first-order valence-corrected chi connectivity index (χ1v) is 5.45. The topological polar surface area (TPSA) is 98.2 Å². The minimum atomic E-state index is -0.404. The Balaban J connectivity index is 1.68. The van der Waals surface area contributed by atoms with Crippen molar-refractivity contribution in [1.29, 1.82) is 0 Å². The Kier molecular flexibility index (Phi) is 2.84. The molecule has 3 heterocycles. The number of ether oxygens (including phenoxy) is 5. The summed E-state index contributed by atoms with van der Waals surface area (Å²) in [5.41, 5.74) is 11.0. The summed E-state index contributed by atoms with van der Waals surface area (Å²) in [5.74, 6) is 0. The number of rotatable bonds is 2. The highest BCUT2D eigenvalue weighted by atomic mass is 16.8. The number of hydrogen-bond acceptors (Lipinski definition) is 7. The Bertz CT molecular complexity index is 266. The van der Waals surface area contributed by atoms with Gasteiger partial charge in [-0.3, -0.25) is 0 Å². The maximum atomic E-state index is 5.65. The molecule has 3 saturated heterocycles. The van der Waals surface area contributed by atoms with Crippen molar-refractivity contribution in [3.8, 4) is 0 Å². The predicted octanol–water partition coefficient (Wildman–Crippen LogP) is -1.89. The molecule has 0 saturated carbocycles. The van der Waals surface area contributed by atoms with Gasteiger partial charge >= 0.3 is 0 Å². The summed E-state index contributed by atoms with van der Waals surface area (Å²) in [4.78, 5) is 0. The third-order valence-corrected chi connectivity index (χ3v) is 3.00.